The lowest BCUT2D eigenvalue weighted by molar-refractivity contribution is 0.482. The van der Waals surface area contributed by atoms with Gasteiger partial charge in [-0.1, -0.05) is 6.07 Å². The molecule has 2 aromatic heterocycles. The van der Waals surface area contributed by atoms with E-state index >= 15 is 0 Å². The number of ether oxygens (including phenoxy) is 1. The number of aromatic nitrogens is 2. The summed E-state index contributed by atoms with van der Waals surface area (Å²) in [4.78, 5) is 8.56. The molecule has 21 heavy (non-hydrogen) atoms. The van der Waals surface area contributed by atoms with Gasteiger partial charge < -0.3 is 16.2 Å². The Labute approximate surface area is 122 Å². The maximum Gasteiger partial charge on any atom is 0.131 e. The molecule has 0 aliphatic carbocycles. The van der Waals surface area contributed by atoms with Crippen LogP contribution < -0.4 is 16.2 Å². The Kier molecular flexibility index (Phi) is 3.39. The highest BCUT2D eigenvalue weighted by atomic mass is 16.5. The molecule has 0 atom stereocenters. The van der Waals surface area contributed by atoms with Crippen molar-refractivity contribution in [2.24, 2.45) is 0 Å². The largest absolute Gasteiger partial charge is 0.457 e. The smallest absolute Gasteiger partial charge is 0.131 e. The van der Waals surface area contributed by atoms with Crippen LogP contribution in [0.5, 0.6) is 11.5 Å². The molecule has 1 aromatic carbocycles. The van der Waals surface area contributed by atoms with Crippen LogP contribution >= 0.6 is 0 Å². The summed E-state index contributed by atoms with van der Waals surface area (Å²) >= 11 is 0. The third kappa shape index (κ3) is 2.92. The summed E-state index contributed by atoms with van der Waals surface area (Å²) in [7, 11) is 0. The fourth-order valence-electron chi connectivity index (χ4n) is 1.88. The zero-order valence-electron chi connectivity index (χ0n) is 11.2. The number of nitrogens with two attached hydrogens (primary N) is 2. The second kappa shape index (κ2) is 5.50. The molecule has 0 aliphatic heterocycles. The number of nitrogen functional groups attached to an aromatic ring is 2. The molecule has 0 amide bonds. The first-order valence-electron chi connectivity index (χ1n) is 6.43. The molecule has 0 aliphatic rings. The SMILES string of the molecule is Nc1ccc(Oc2ccnc(-c3ccccn3)c2)cc1N. The molecular formula is C16H14N4O. The molecular weight excluding hydrogens is 264 g/mol. The lowest BCUT2D eigenvalue weighted by atomic mass is 10.2. The lowest BCUT2D eigenvalue weighted by Crippen LogP contribution is -1.95. The van der Waals surface area contributed by atoms with Gasteiger partial charge in [-0.2, -0.15) is 0 Å². The zero-order chi connectivity index (χ0) is 14.7. The molecule has 104 valence electrons. The van der Waals surface area contributed by atoms with E-state index in [1.54, 1.807) is 36.7 Å². The number of hydrogen-bond acceptors (Lipinski definition) is 5. The number of anilines is 2. The summed E-state index contributed by atoms with van der Waals surface area (Å²) in [6.45, 7) is 0. The topological polar surface area (TPSA) is 87.0 Å². The molecule has 4 N–H and O–H groups in total. The number of nitrogens with zero attached hydrogens (tertiary/aromatic N) is 2. The second-order valence-electron chi connectivity index (χ2n) is 4.48. The minimum absolute atomic E-state index is 0.492. The lowest BCUT2D eigenvalue weighted by Gasteiger charge is -2.08. The fraction of sp³-hybridized carbons (Fsp3) is 0. The Morgan fingerprint density at radius 1 is 0.714 bits per heavy atom. The van der Waals surface area contributed by atoms with Gasteiger partial charge in [0.15, 0.2) is 0 Å². The molecule has 0 saturated carbocycles. The van der Waals surface area contributed by atoms with Crippen LogP contribution in [0, 0.1) is 0 Å². The van der Waals surface area contributed by atoms with Crippen LogP contribution in [-0.4, -0.2) is 9.97 Å². The summed E-state index contributed by atoms with van der Waals surface area (Å²) in [5.74, 6) is 1.29. The highest BCUT2D eigenvalue weighted by Gasteiger charge is 2.04. The van der Waals surface area contributed by atoms with Crippen LogP contribution in [0.2, 0.25) is 0 Å². The third-order valence-electron chi connectivity index (χ3n) is 2.95. The summed E-state index contributed by atoms with van der Waals surface area (Å²) in [6, 6.07) is 14.5. The molecule has 3 aromatic rings. The molecule has 0 spiro atoms. The maximum absolute atomic E-state index is 5.77. The maximum atomic E-state index is 5.77. The van der Waals surface area contributed by atoms with Gasteiger partial charge in [-0.15, -0.1) is 0 Å². The highest BCUT2D eigenvalue weighted by molar-refractivity contribution is 5.65. The van der Waals surface area contributed by atoms with Crippen molar-refractivity contribution in [2.45, 2.75) is 0 Å². The van der Waals surface area contributed by atoms with Crippen molar-refractivity contribution in [2.75, 3.05) is 11.5 Å². The van der Waals surface area contributed by atoms with Crippen LogP contribution in [0.3, 0.4) is 0 Å². The van der Waals surface area contributed by atoms with Gasteiger partial charge in [-0.25, -0.2) is 0 Å². The van der Waals surface area contributed by atoms with E-state index in [0.29, 0.717) is 22.9 Å². The van der Waals surface area contributed by atoms with Gasteiger partial charge in [-0.05, 0) is 30.3 Å². The van der Waals surface area contributed by atoms with Crippen molar-refractivity contribution in [3.8, 4) is 22.9 Å². The van der Waals surface area contributed by atoms with E-state index in [9.17, 15) is 0 Å². The van der Waals surface area contributed by atoms with Crippen LogP contribution in [-0.2, 0) is 0 Å². The average Bonchev–Trinajstić information content (AvgIpc) is 2.52. The van der Waals surface area contributed by atoms with Gasteiger partial charge in [0.05, 0.1) is 22.8 Å². The fourth-order valence-corrected chi connectivity index (χ4v) is 1.88. The summed E-state index contributed by atoms with van der Waals surface area (Å²) in [5, 5.41) is 0. The number of rotatable bonds is 3. The first-order chi connectivity index (χ1) is 10.2. The predicted molar refractivity (Wildman–Crippen MR) is 82.8 cm³/mol. The molecule has 0 unspecified atom stereocenters. The molecule has 0 radical (unpaired) electrons. The average molecular weight is 278 g/mol. The van der Waals surface area contributed by atoms with Crippen molar-refractivity contribution in [1.82, 2.24) is 9.97 Å². The van der Waals surface area contributed by atoms with Crippen molar-refractivity contribution < 1.29 is 4.74 Å². The van der Waals surface area contributed by atoms with E-state index in [1.807, 2.05) is 24.3 Å². The summed E-state index contributed by atoms with van der Waals surface area (Å²) in [5.41, 5.74) is 14.0. The van der Waals surface area contributed by atoms with Crippen LogP contribution in [0.1, 0.15) is 0 Å². The van der Waals surface area contributed by atoms with Gasteiger partial charge in [0.2, 0.25) is 0 Å². The van der Waals surface area contributed by atoms with Gasteiger partial charge in [0.25, 0.3) is 0 Å². The predicted octanol–water partition coefficient (Wildman–Crippen LogP) is 3.10. The van der Waals surface area contributed by atoms with Crippen LogP contribution in [0.25, 0.3) is 11.4 Å². The number of benzene rings is 1. The second-order valence-corrected chi connectivity index (χ2v) is 4.48. The Balaban J connectivity index is 1.88. The van der Waals surface area contributed by atoms with Crippen molar-refractivity contribution >= 4 is 11.4 Å². The molecule has 0 saturated heterocycles. The molecule has 3 rings (SSSR count). The third-order valence-corrected chi connectivity index (χ3v) is 2.95. The van der Waals surface area contributed by atoms with Crippen molar-refractivity contribution in [3.05, 3.63) is 60.9 Å². The Morgan fingerprint density at radius 2 is 1.52 bits per heavy atom. The summed E-state index contributed by atoms with van der Waals surface area (Å²) < 4.78 is 5.77. The van der Waals surface area contributed by atoms with Gasteiger partial charge in [0.1, 0.15) is 11.5 Å². The van der Waals surface area contributed by atoms with Crippen molar-refractivity contribution in [3.63, 3.8) is 0 Å². The number of pyridine rings is 2. The summed E-state index contributed by atoms with van der Waals surface area (Å²) in [6.07, 6.45) is 3.41. The highest BCUT2D eigenvalue weighted by Crippen LogP contribution is 2.28. The van der Waals surface area contributed by atoms with Gasteiger partial charge >= 0.3 is 0 Å². The van der Waals surface area contributed by atoms with Crippen LogP contribution in [0.15, 0.2) is 60.9 Å². The Morgan fingerprint density at radius 3 is 2.29 bits per heavy atom. The van der Waals surface area contributed by atoms with Gasteiger partial charge in [-0.3, -0.25) is 9.97 Å². The van der Waals surface area contributed by atoms with E-state index in [1.165, 1.54) is 0 Å². The minimum atomic E-state index is 0.492. The first kappa shape index (κ1) is 12.9. The molecule has 2 heterocycles. The van der Waals surface area contributed by atoms with E-state index in [2.05, 4.69) is 9.97 Å². The van der Waals surface area contributed by atoms with E-state index in [4.69, 9.17) is 16.2 Å². The molecule has 5 heteroatoms. The molecule has 0 bridgehead atoms. The van der Waals surface area contributed by atoms with Gasteiger partial charge in [0, 0.05) is 24.5 Å². The quantitative estimate of drug-likeness (QED) is 0.719. The van der Waals surface area contributed by atoms with E-state index in [0.717, 1.165) is 11.4 Å². The monoisotopic (exact) mass is 278 g/mol. The first-order valence-corrected chi connectivity index (χ1v) is 6.43. The number of hydrogen-bond donors (Lipinski definition) is 2. The zero-order valence-corrected chi connectivity index (χ0v) is 11.2. The molecule has 5 nitrogen and oxygen atoms in total. The minimum Gasteiger partial charge on any atom is -0.457 e. The van der Waals surface area contributed by atoms with Crippen LogP contribution in [0.4, 0.5) is 11.4 Å². The normalized spacial score (nSPS) is 10.3. The van der Waals surface area contributed by atoms with Crippen molar-refractivity contribution in [1.29, 1.82) is 0 Å². The standard InChI is InChI=1S/C16H14N4O/c17-13-5-4-11(9-14(13)18)21-12-6-8-20-16(10-12)15-3-1-2-7-19-15/h1-10H,17-18H2. The Bertz CT molecular complexity index is 759. The Hall–Kier alpha value is -3.08. The molecule has 0 fully saturated rings. The van der Waals surface area contributed by atoms with E-state index in [-0.39, 0.29) is 0 Å². The van der Waals surface area contributed by atoms with E-state index < -0.39 is 0 Å².